The lowest BCUT2D eigenvalue weighted by Gasteiger charge is -2.31. The van der Waals surface area contributed by atoms with Crippen molar-refractivity contribution in [1.29, 1.82) is 0 Å². The Balaban J connectivity index is 0.000000111. The van der Waals surface area contributed by atoms with Crippen molar-refractivity contribution >= 4 is 101 Å². The standard InChI is InChI=1S/C23H22ClN5.C18H18ClN3O.C18H18FN3O.C18H19N3O.C17H19ClN4/c24-19-3-5-20(6-4-19)29-22-15-26-11-7-21(22)23(27-29)18-8-12-28(13-9-18)16-17-2-1-10-25-14-17;19-13-1-3-14(4-2-13)22-11-15(12-5-7-20-8-6-12)18-16(22)9-21-10-17(18)23;19-11-13-1-3-15(4-2-13)22-17-12-20-8-5-16(17)18(21-22)14-6-9-23-10-7-14;1-14-2-4-15(5-3-14)21-13-18(20-8-10-22-11-9-20)16-6-7-19-12-17(16)21;1-3-4-11-21(2)17-15-9-10-19-12-16(15)22(20-17)14-7-5-13(18)6-8-14/h1-7,10-11,14-15,18H,8-9,12-13,16H2;1-4,9-12,20,23H,5-8H2;1-5,8,12,14H,6-7,9-11H2;2-7,12-13H,8-11H2,1H3;5-10,12H,3-4,11H2,1-2H3. The Bertz CT molecular complexity index is 6000. The number of alkyl halides is 1. The van der Waals surface area contributed by atoms with Gasteiger partial charge in [-0.25, -0.2) is 18.4 Å². The van der Waals surface area contributed by atoms with Crippen LogP contribution in [0.2, 0.25) is 15.1 Å². The van der Waals surface area contributed by atoms with E-state index in [1.54, 1.807) is 12.1 Å². The molecular formula is C94H96Cl3FN18O3. The van der Waals surface area contributed by atoms with E-state index in [-0.39, 0.29) is 5.75 Å². The second kappa shape index (κ2) is 38.5. The van der Waals surface area contributed by atoms with Crippen LogP contribution in [0.1, 0.15) is 110 Å². The quantitative estimate of drug-likeness (QED) is 0.0924. The van der Waals surface area contributed by atoms with E-state index in [1.807, 2.05) is 185 Å². The first-order valence-corrected chi connectivity index (χ1v) is 42.1. The largest absolute Gasteiger partial charge is 0.506 e. The van der Waals surface area contributed by atoms with E-state index in [9.17, 15) is 9.50 Å². The van der Waals surface area contributed by atoms with Gasteiger partial charge in [0, 0.05) is 161 Å². The number of pyridine rings is 6. The Morgan fingerprint density at radius 3 is 1.52 bits per heavy atom. The van der Waals surface area contributed by atoms with Crippen molar-refractivity contribution in [2.45, 2.75) is 96.2 Å². The summed E-state index contributed by atoms with van der Waals surface area (Å²) in [7, 11) is 2.09. The average Bonchev–Trinajstić information content (AvgIpc) is 1.64. The number of aromatic nitrogens is 14. The van der Waals surface area contributed by atoms with Gasteiger partial charge in [0.1, 0.15) is 12.4 Å². The van der Waals surface area contributed by atoms with Crippen molar-refractivity contribution in [2.24, 2.45) is 0 Å². The summed E-state index contributed by atoms with van der Waals surface area (Å²) < 4.78 is 33.8. The SMILES string of the molecule is CCCCN(C)c1nn(-c2ccc(Cl)cc2)c2cnccc12.Cc1ccc(-n2cc(N3CCOCC3)c3ccncc32)cc1.Clc1ccc(-n2nc(C3CCN(Cc4cccnc4)CC3)c3ccncc32)cc1.FCc1ccc(-n2nc(C3CCOCC3)c3ccncc32)cc1.Oc1cncc2c1c(C1CCNCC1)cn2-c1ccc(Cl)cc1. The van der Waals surface area contributed by atoms with Gasteiger partial charge in [-0.2, -0.15) is 10.2 Å². The highest BCUT2D eigenvalue weighted by Crippen LogP contribution is 2.41. The molecule has 2 N–H and O–H groups in total. The van der Waals surface area contributed by atoms with Gasteiger partial charge in [0.2, 0.25) is 0 Å². The Labute approximate surface area is 706 Å². The summed E-state index contributed by atoms with van der Waals surface area (Å²) in [6.45, 7) is 15.0. The maximum Gasteiger partial charge on any atom is 0.158 e. The lowest BCUT2D eigenvalue weighted by Crippen LogP contribution is -2.36. The van der Waals surface area contributed by atoms with E-state index in [0.717, 1.165) is 212 Å². The number of benzene rings is 5. The highest BCUT2D eigenvalue weighted by atomic mass is 35.5. The number of nitrogens with zero attached hydrogens (tertiary/aromatic N) is 17. The van der Waals surface area contributed by atoms with Crippen LogP contribution in [0.3, 0.4) is 0 Å². The summed E-state index contributed by atoms with van der Waals surface area (Å²) in [6, 6.07) is 51.6. The third-order valence-electron chi connectivity index (χ3n) is 22.7. The molecule has 0 bridgehead atoms. The molecule has 608 valence electrons. The van der Waals surface area contributed by atoms with E-state index in [0.29, 0.717) is 28.3 Å². The number of anilines is 2. The van der Waals surface area contributed by atoms with Crippen LogP contribution in [0.5, 0.6) is 5.75 Å². The fourth-order valence-electron chi connectivity index (χ4n) is 16.4. The second-order valence-electron chi connectivity index (χ2n) is 30.6. The van der Waals surface area contributed by atoms with Crippen molar-refractivity contribution in [3.63, 3.8) is 0 Å². The molecule has 21 nitrogen and oxygen atoms in total. The van der Waals surface area contributed by atoms with Crippen molar-refractivity contribution in [1.82, 2.24) is 78.6 Å². The lowest BCUT2D eigenvalue weighted by molar-refractivity contribution is 0.0847. The minimum Gasteiger partial charge on any atom is -0.506 e. The van der Waals surface area contributed by atoms with E-state index in [2.05, 4.69) is 135 Å². The summed E-state index contributed by atoms with van der Waals surface area (Å²) in [6.07, 6.45) is 35.1. The normalized spacial score (nSPS) is 14.9. The molecule has 16 aromatic rings. The van der Waals surface area contributed by atoms with Gasteiger partial charge in [0.15, 0.2) is 5.82 Å². The number of unbranched alkanes of at least 4 members (excludes halogenated alkanes) is 1. The summed E-state index contributed by atoms with van der Waals surface area (Å²) in [5, 5.41) is 36.2. The van der Waals surface area contributed by atoms with Gasteiger partial charge < -0.3 is 38.8 Å². The van der Waals surface area contributed by atoms with Crippen LogP contribution in [-0.4, -0.2) is 158 Å². The average molecular weight is 1650 g/mol. The smallest absolute Gasteiger partial charge is 0.158 e. The number of nitrogens with one attached hydrogen (secondary N) is 1. The molecule has 11 aromatic heterocycles. The van der Waals surface area contributed by atoms with E-state index >= 15 is 0 Å². The van der Waals surface area contributed by atoms with Crippen LogP contribution in [0, 0.1) is 6.92 Å². The number of ether oxygens (including phenoxy) is 2. The fourth-order valence-corrected chi connectivity index (χ4v) is 16.7. The first-order chi connectivity index (χ1) is 58.4. The van der Waals surface area contributed by atoms with E-state index < -0.39 is 6.67 Å². The number of hydrogen-bond acceptors (Lipinski definition) is 16. The van der Waals surface area contributed by atoms with Crippen LogP contribution in [0.15, 0.2) is 244 Å². The van der Waals surface area contributed by atoms with Gasteiger partial charge >= 0.3 is 0 Å². The zero-order valence-electron chi connectivity index (χ0n) is 67.1. The number of piperidine rings is 2. The molecule has 0 saturated carbocycles. The van der Waals surface area contributed by atoms with Crippen molar-refractivity contribution in [3.8, 4) is 34.2 Å². The number of morpholine rings is 1. The predicted octanol–water partition coefficient (Wildman–Crippen LogP) is 20.0. The van der Waals surface area contributed by atoms with Crippen LogP contribution < -0.4 is 15.1 Å². The zero-order valence-corrected chi connectivity index (χ0v) is 69.3. The number of halogens is 4. The number of fused-ring (bicyclic) bond motifs is 5. The Morgan fingerprint density at radius 1 is 0.471 bits per heavy atom. The van der Waals surface area contributed by atoms with Gasteiger partial charge in [0.25, 0.3) is 0 Å². The molecule has 20 rings (SSSR count). The molecule has 119 heavy (non-hydrogen) atoms. The molecule has 0 aliphatic carbocycles. The molecule has 0 unspecified atom stereocenters. The Hall–Kier alpha value is -11.5. The van der Waals surface area contributed by atoms with E-state index in [4.69, 9.17) is 59.6 Å². The van der Waals surface area contributed by atoms with Gasteiger partial charge in [-0.15, -0.1) is 5.10 Å². The number of aryl methyl sites for hydroxylation is 1. The minimum absolute atomic E-state index is 0.253. The summed E-state index contributed by atoms with van der Waals surface area (Å²) in [5.41, 5.74) is 18.2. The molecule has 0 atom stereocenters. The fraction of sp³-hybridized carbons (Fsp3) is 0.287. The first-order valence-electron chi connectivity index (χ1n) is 41.0. The second-order valence-corrected chi connectivity index (χ2v) is 31.9. The van der Waals surface area contributed by atoms with Crippen LogP contribution in [-0.2, 0) is 22.7 Å². The Morgan fingerprint density at radius 2 is 0.958 bits per heavy atom. The van der Waals surface area contributed by atoms with Crippen LogP contribution in [0.25, 0.3) is 83.0 Å². The molecule has 4 aliphatic heterocycles. The molecule has 0 amide bonds. The van der Waals surface area contributed by atoms with Gasteiger partial charge in [0.05, 0.1) is 112 Å². The molecule has 0 spiro atoms. The van der Waals surface area contributed by atoms with E-state index in [1.165, 1.54) is 57.1 Å². The highest BCUT2D eigenvalue weighted by molar-refractivity contribution is 6.31. The van der Waals surface area contributed by atoms with Crippen molar-refractivity contribution < 1.29 is 19.0 Å². The maximum absolute atomic E-state index is 12.7. The van der Waals surface area contributed by atoms with Crippen molar-refractivity contribution in [3.05, 3.63) is 293 Å². The molecule has 15 heterocycles. The van der Waals surface area contributed by atoms with Gasteiger partial charge in [-0.05, 0) is 228 Å². The first kappa shape index (κ1) is 81.3. The summed E-state index contributed by atoms with van der Waals surface area (Å²) >= 11 is 18.0. The Kier molecular flexibility index (Phi) is 26.3. The molecule has 4 fully saturated rings. The molecule has 4 saturated heterocycles. The highest BCUT2D eigenvalue weighted by Gasteiger charge is 2.29. The minimum atomic E-state index is -0.449. The number of rotatable bonds is 16. The molecule has 5 aromatic carbocycles. The zero-order chi connectivity index (χ0) is 81.6. The molecule has 25 heteroatoms. The number of likely N-dealkylation sites (tertiary alicyclic amines) is 1. The van der Waals surface area contributed by atoms with Crippen LogP contribution in [0.4, 0.5) is 15.9 Å². The monoisotopic (exact) mass is 1650 g/mol. The summed E-state index contributed by atoms with van der Waals surface area (Å²) in [4.78, 5) is 32.6. The van der Waals surface area contributed by atoms with Gasteiger partial charge in [-0.3, -0.25) is 34.8 Å². The molecule has 0 radical (unpaired) electrons. The molecular weight excluding hydrogens is 1550 g/mol. The summed E-state index contributed by atoms with van der Waals surface area (Å²) in [5.74, 6) is 2.57. The van der Waals surface area contributed by atoms with Crippen LogP contribution >= 0.6 is 34.8 Å². The number of aromatic hydroxyl groups is 1. The third kappa shape index (κ3) is 18.8. The lowest BCUT2D eigenvalue weighted by atomic mass is 9.90. The number of hydrogen-bond donors (Lipinski definition) is 2. The predicted molar refractivity (Wildman–Crippen MR) is 475 cm³/mol. The maximum atomic E-state index is 12.7. The van der Waals surface area contributed by atoms with Crippen molar-refractivity contribution in [2.75, 3.05) is 89.1 Å². The topological polar surface area (TPSA) is 201 Å². The molecule has 4 aliphatic rings. The third-order valence-corrected chi connectivity index (χ3v) is 23.5. The van der Waals surface area contributed by atoms with Gasteiger partial charge in [-0.1, -0.05) is 84.0 Å².